The molecule has 0 spiro atoms. The van der Waals surface area contributed by atoms with E-state index in [0.29, 0.717) is 6.04 Å². The maximum Gasteiger partial charge on any atom is 0.123 e. The fourth-order valence-corrected chi connectivity index (χ4v) is 3.01. The Hall–Kier alpha value is -1.32. The smallest absolute Gasteiger partial charge is 0.123 e. The van der Waals surface area contributed by atoms with Gasteiger partial charge in [0.1, 0.15) is 5.82 Å². The molecule has 0 aliphatic rings. The molecule has 1 unspecified atom stereocenters. The minimum absolute atomic E-state index is 0.196. The molecule has 19 heavy (non-hydrogen) atoms. The van der Waals surface area contributed by atoms with E-state index >= 15 is 0 Å². The van der Waals surface area contributed by atoms with Crippen LogP contribution in [0.4, 0.5) is 4.39 Å². The number of halogens is 1. The van der Waals surface area contributed by atoms with Crippen LogP contribution < -0.4 is 5.32 Å². The van der Waals surface area contributed by atoms with Crippen molar-refractivity contribution in [2.75, 3.05) is 6.54 Å². The second-order valence-electron chi connectivity index (χ2n) is 4.37. The summed E-state index contributed by atoms with van der Waals surface area (Å²) in [5.41, 5.74) is 1.28. The van der Waals surface area contributed by atoms with E-state index in [1.54, 1.807) is 11.8 Å². The summed E-state index contributed by atoms with van der Waals surface area (Å²) in [6.07, 6.45) is 0. The van der Waals surface area contributed by atoms with Gasteiger partial charge in [0, 0.05) is 15.8 Å². The molecule has 2 rings (SSSR count). The Bertz CT molecular complexity index is 525. The first-order valence-electron chi connectivity index (χ1n) is 6.46. The van der Waals surface area contributed by atoms with Gasteiger partial charge in [0.2, 0.25) is 0 Å². The summed E-state index contributed by atoms with van der Waals surface area (Å²) < 4.78 is 12.9. The zero-order chi connectivity index (χ0) is 13.7. The Morgan fingerprint density at radius 3 is 2.47 bits per heavy atom. The minimum atomic E-state index is -0.196. The van der Waals surface area contributed by atoms with Crippen molar-refractivity contribution in [2.24, 2.45) is 0 Å². The van der Waals surface area contributed by atoms with Crippen molar-refractivity contribution in [1.29, 1.82) is 0 Å². The number of hydrogen-bond acceptors (Lipinski definition) is 2. The van der Waals surface area contributed by atoms with Crippen LogP contribution in [0, 0.1) is 5.82 Å². The van der Waals surface area contributed by atoms with E-state index in [-0.39, 0.29) is 5.82 Å². The molecule has 0 heterocycles. The summed E-state index contributed by atoms with van der Waals surface area (Å²) in [4.78, 5) is 2.26. The van der Waals surface area contributed by atoms with Gasteiger partial charge in [0.15, 0.2) is 0 Å². The van der Waals surface area contributed by atoms with Crippen LogP contribution in [-0.4, -0.2) is 6.54 Å². The lowest BCUT2D eigenvalue weighted by Gasteiger charge is -2.16. The predicted octanol–water partition coefficient (Wildman–Crippen LogP) is 4.65. The highest BCUT2D eigenvalue weighted by atomic mass is 32.2. The van der Waals surface area contributed by atoms with Crippen molar-refractivity contribution in [3.8, 4) is 0 Å². The van der Waals surface area contributed by atoms with Gasteiger partial charge in [-0.2, -0.15) is 0 Å². The van der Waals surface area contributed by atoms with E-state index < -0.39 is 0 Å². The molecule has 0 fully saturated rings. The number of benzene rings is 2. The molecule has 1 nitrogen and oxygen atoms in total. The molecule has 0 saturated heterocycles. The first-order chi connectivity index (χ1) is 9.20. The van der Waals surface area contributed by atoms with Crippen LogP contribution in [0.25, 0.3) is 0 Å². The first kappa shape index (κ1) is 14.1. The van der Waals surface area contributed by atoms with Crippen LogP contribution in [0.5, 0.6) is 0 Å². The molecule has 0 aliphatic carbocycles. The molecule has 1 atom stereocenters. The lowest BCUT2D eigenvalue weighted by atomic mass is 10.1. The molecule has 0 aliphatic heterocycles. The Balaban J connectivity index is 2.22. The topological polar surface area (TPSA) is 12.0 Å². The summed E-state index contributed by atoms with van der Waals surface area (Å²) in [5, 5.41) is 3.42. The fourth-order valence-electron chi connectivity index (χ4n) is 1.98. The van der Waals surface area contributed by atoms with Crippen molar-refractivity contribution in [3.05, 3.63) is 59.9 Å². The predicted molar refractivity (Wildman–Crippen MR) is 79.1 cm³/mol. The van der Waals surface area contributed by atoms with Gasteiger partial charge in [-0.05, 0) is 49.4 Å². The number of rotatable bonds is 5. The summed E-state index contributed by atoms with van der Waals surface area (Å²) in [6.45, 7) is 5.20. The Morgan fingerprint density at radius 2 is 1.79 bits per heavy atom. The summed E-state index contributed by atoms with van der Waals surface area (Å²) in [5.74, 6) is -0.196. The second-order valence-corrected chi connectivity index (χ2v) is 5.49. The third-order valence-electron chi connectivity index (χ3n) is 2.94. The highest BCUT2D eigenvalue weighted by Crippen LogP contribution is 2.33. The van der Waals surface area contributed by atoms with Crippen LogP contribution >= 0.6 is 11.8 Å². The van der Waals surface area contributed by atoms with Gasteiger partial charge >= 0.3 is 0 Å². The van der Waals surface area contributed by atoms with Gasteiger partial charge < -0.3 is 5.32 Å². The van der Waals surface area contributed by atoms with Crippen molar-refractivity contribution in [1.82, 2.24) is 5.32 Å². The maximum atomic E-state index is 12.9. The molecule has 100 valence electrons. The largest absolute Gasteiger partial charge is 0.310 e. The molecule has 0 saturated carbocycles. The molecule has 0 bridgehead atoms. The molecular formula is C16H18FNS. The normalized spacial score (nSPS) is 12.4. The summed E-state index contributed by atoms with van der Waals surface area (Å²) in [6, 6.07) is 15.3. The van der Waals surface area contributed by atoms with E-state index in [2.05, 4.69) is 37.4 Å². The molecule has 0 aromatic heterocycles. The van der Waals surface area contributed by atoms with E-state index in [9.17, 15) is 4.39 Å². The third-order valence-corrected chi connectivity index (χ3v) is 4.04. The van der Waals surface area contributed by atoms with Gasteiger partial charge in [-0.1, -0.05) is 36.9 Å². The van der Waals surface area contributed by atoms with E-state index in [4.69, 9.17) is 0 Å². The first-order valence-corrected chi connectivity index (χ1v) is 7.28. The Morgan fingerprint density at radius 1 is 1.11 bits per heavy atom. The highest BCUT2D eigenvalue weighted by molar-refractivity contribution is 7.99. The standard InChI is InChI=1S/C16H18FNS/c1-3-18-12(2)15-6-4-5-7-16(15)19-14-10-8-13(17)9-11-14/h4-12,18H,3H2,1-2H3. The van der Waals surface area contributed by atoms with Crippen molar-refractivity contribution >= 4 is 11.8 Å². The molecule has 0 radical (unpaired) electrons. The second kappa shape index (κ2) is 6.73. The third kappa shape index (κ3) is 3.82. The molecule has 3 heteroatoms. The quantitative estimate of drug-likeness (QED) is 0.852. The van der Waals surface area contributed by atoms with E-state index in [0.717, 1.165) is 11.4 Å². The van der Waals surface area contributed by atoms with Crippen LogP contribution in [0.2, 0.25) is 0 Å². The average molecular weight is 275 g/mol. The minimum Gasteiger partial charge on any atom is -0.310 e. The zero-order valence-corrected chi connectivity index (χ0v) is 12.0. The summed E-state index contributed by atoms with van der Waals surface area (Å²) >= 11 is 1.67. The van der Waals surface area contributed by atoms with E-state index in [1.807, 2.05) is 18.2 Å². The molecule has 2 aromatic carbocycles. The molecule has 1 N–H and O–H groups in total. The Labute approximate surface area is 118 Å². The van der Waals surface area contributed by atoms with Crippen LogP contribution in [0.15, 0.2) is 58.3 Å². The van der Waals surface area contributed by atoms with Crippen molar-refractivity contribution in [3.63, 3.8) is 0 Å². The average Bonchev–Trinajstić information content (AvgIpc) is 2.42. The van der Waals surface area contributed by atoms with Gasteiger partial charge in [-0.25, -0.2) is 4.39 Å². The molecular weight excluding hydrogens is 257 g/mol. The van der Waals surface area contributed by atoms with Gasteiger partial charge in [-0.3, -0.25) is 0 Å². The number of hydrogen-bond donors (Lipinski definition) is 1. The van der Waals surface area contributed by atoms with Crippen molar-refractivity contribution < 1.29 is 4.39 Å². The zero-order valence-electron chi connectivity index (χ0n) is 11.2. The van der Waals surface area contributed by atoms with Gasteiger partial charge in [0.25, 0.3) is 0 Å². The van der Waals surface area contributed by atoms with Gasteiger partial charge in [0.05, 0.1) is 0 Å². The SMILES string of the molecule is CCNC(C)c1ccccc1Sc1ccc(F)cc1. The maximum absolute atomic E-state index is 12.9. The highest BCUT2D eigenvalue weighted by Gasteiger charge is 2.10. The summed E-state index contributed by atoms with van der Waals surface area (Å²) in [7, 11) is 0. The van der Waals surface area contributed by atoms with Crippen LogP contribution in [0.1, 0.15) is 25.5 Å². The monoisotopic (exact) mass is 275 g/mol. The van der Waals surface area contributed by atoms with Crippen LogP contribution in [0.3, 0.4) is 0 Å². The Kier molecular flexibility index (Phi) is 5.00. The lowest BCUT2D eigenvalue weighted by Crippen LogP contribution is -2.18. The lowest BCUT2D eigenvalue weighted by molar-refractivity contribution is 0.590. The van der Waals surface area contributed by atoms with Crippen LogP contribution in [-0.2, 0) is 0 Å². The van der Waals surface area contributed by atoms with Crippen molar-refractivity contribution in [2.45, 2.75) is 29.7 Å². The fraction of sp³-hybridized carbons (Fsp3) is 0.250. The molecule has 0 amide bonds. The molecule has 2 aromatic rings. The number of nitrogens with one attached hydrogen (secondary N) is 1. The van der Waals surface area contributed by atoms with Gasteiger partial charge in [-0.15, -0.1) is 0 Å². The van der Waals surface area contributed by atoms with E-state index in [1.165, 1.54) is 22.6 Å².